The molecule has 2 rings (SSSR count). The number of hydrogen-bond donors (Lipinski definition) is 2. The number of aromatic nitrogens is 1. The zero-order valence-corrected chi connectivity index (χ0v) is 16.3. The van der Waals surface area contributed by atoms with Gasteiger partial charge in [-0.1, -0.05) is 17.4 Å². The fourth-order valence-electron chi connectivity index (χ4n) is 2.31. The SMILES string of the molecule is Cc1nc(NC(=O)NCCC#N)sc1-c1ccc(S(C)(=O)=O)c(C(F)(F)F)c1. The number of carbonyl (C=O) groups excluding carboxylic acids is 1. The van der Waals surface area contributed by atoms with Gasteiger partial charge >= 0.3 is 12.2 Å². The number of halogens is 3. The minimum absolute atomic E-state index is 0.127. The van der Waals surface area contributed by atoms with Crippen molar-refractivity contribution in [2.24, 2.45) is 0 Å². The zero-order valence-electron chi connectivity index (χ0n) is 14.7. The number of nitrogens with one attached hydrogen (secondary N) is 2. The Hall–Kier alpha value is -2.65. The Labute approximate surface area is 163 Å². The van der Waals surface area contributed by atoms with E-state index in [0.717, 1.165) is 23.5 Å². The Kier molecular flexibility index (Phi) is 6.30. The van der Waals surface area contributed by atoms with Gasteiger partial charge < -0.3 is 5.32 Å². The van der Waals surface area contributed by atoms with E-state index in [1.807, 2.05) is 6.07 Å². The maximum absolute atomic E-state index is 13.3. The van der Waals surface area contributed by atoms with E-state index < -0.39 is 32.5 Å². The van der Waals surface area contributed by atoms with Gasteiger partial charge in [0.2, 0.25) is 0 Å². The van der Waals surface area contributed by atoms with Gasteiger partial charge in [-0.2, -0.15) is 18.4 Å². The molecule has 0 aliphatic carbocycles. The van der Waals surface area contributed by atoms with Gasteiger partial charge in [0.15, 0.2) is 15.0 Å². The highest BCUT2D eigenvalue weighted by Crippen LogP contribution is 2.39. The van der Waals surface area contributed by atoms with Crippen molar-refractivity contribution in [3.8, 4) is 16.5 Å². The summed E-state index contributed by atoms with van der Waals surface area (Å²) in [6.45, 7) is 1.70. The maximum atomic E-state index is 13.3. The second-order valence-electron chi connectivity index (χ2n) is 5.70. The Bertz CT molecular complexity index is 1040. The molecule has 0 saturated carbocycles. The third kappa shape index (κ3) is 5.20. The molecule has 28 heavy (non-hydrogen) atoms. The number of nitrogens with zero attached hydrogens (tertiary/aromatic N) is 2. The summed E-state index contributed by atoms with van der Waals surface area (Å²) in [5.41, 5.74) is -0.755. The van der Waals surface area contributed by atoms with Crippen LogP contribution in [0, 0.1) is 18.3 Å². The summed E-state index contributed by atoms with van der Waals surface area (Å²) in [6.07, 6.45) is -4.01. The number of anilines is 1. The summed E-state index contributed by atoms with van der Waals surface area (Å²) in [5.74, 6) is 0. The lowest BCUT2D eigenvalue weighted by molar-refractivity contribution is -0.139. The molecule has 2 aromatic rings. The average molecular weight is 432 g/mol. The number of urea groups is 1. The fraction of sp³-hybridized carbons (Fsp3) is 0.312. The van der Waals surface area contributed by atoms with Gasteiger partial charge in [-0.3, -0.25) is 5.32 Å². The molecule has 0 spiro atoms. The van der Waals surface area contributed by atoms with Crippen LogP contribution >= 0.6 is 11.3 Å². The van der Waals surface area contributed by atoms with Gasteiger partial charge in [-0.15, -0.1) is 0 Å². The number of amides is 2. The summed E-state index contributed by atoms with van der Waals surface area (Å²) in [6, 6.07) is 4.20. The lowest BCUT2D eigenvalue weighted by atomic mass is 10.1. The molecule has 12 heteroatoms. The van der Waals surface area contributed by atoms with Crippen LogP contribution in [0.4, 0.5) is 23.1 Å². The Balaban J connectivity index is 2.37. The van der Waals surface area contributed by atoms with Crippen molar-refractivity contribution in [2.45, 2.75) is 24.4 Å². The number of rotatable bonds is 5. The van der Waals surface area contributed by atoms with Crippen LogP contribution in [0.1, 0.15) is 17.7 Å². The normalized spacial score (nSPS) is 11.7. The molecule has 0 bridgehead atoms. The van der Waals surface area contributed by atoms with E-state index in [0.29, 0.717) is 16.8 Å². The predicted molar refractivity (Wildman–Crippen MR) is 97.7 cm³/mol. The van der Waals surface area contributed by atoms with Crippen molar-refractivity contribution in [1.82, 2.24) is 10.3 Å². The minimum atomic E-state index is -4.85. The number of sulfone groups is 1. The number of hydrogen-bond acceptors (Lipinski definition) is 6. The largest absolute Gasteiger partial charge is 0.417 e. The van der Waals surface area contributed by atoms with E-state index in [4.69, 9.17) is 5.26 Å². The third-order valence-electron chi connectivity index (χ3n) is 3.49. The first kappa shape index (κ1) is 21.6. The summed E-state index contributed by atoms with van der Waals surface area (Å²) in [7, 11) is -4.07. The van der Waals surface area contributed by atoms with Gasteiger partial charge in [0.25, 0.3) is 0 Å². The highest BCUT2D eigenvalue weighted by atomic mass is 32.2. The van der Waals surface area contributed by atoms with Crippen molar-refractivity contribution < 1.29 is 26.4 Å². The highest BCUT2D eigenvalue weighted by Gasteiger charge is 2.36. The zero-order chi connectivity index (χ0) is 21.1. The Morgan fingerprint density at radius 3 is 2.61 bits per heavy atom. The second-order valence-corrected chi connectivity index (χ2v) is 8.69. The molecule has 1 aromatic heterocycles. The van der Waals surface area contributed by atoms with Crippen molar-refractivity contribution in [3.63, 3.8) is 0 Å². The molecular formula is C16H15F3N4O3S2. The smallest absolute Gasteiger partial charge is 0.337 e. The molecule has 0 atom stereocenters. The topological polar surface area (TPSA) is 112 Å². The van der Waals surface area contributed by atoms with E-state index in [9.17, 15) is 26.4 Å². The number of thiazole rings is 1. The van der Waals surface area contributed by atoms with Gasteiger partial charge in [-0.05, 0) is 24.6 Å². The van der Waals surface area contributed by atoms with Crippen LogP contribution in [-0.2, 0) is 16.0 Å². The van der Waals surface area contributed by atoms with Crippen molar-refractivity contribution in [3.05, 3.63) is 29.5 Å². The second kappa shape index (κ2) is 8.15. The van der Waals surface area contributed by atoms with E-state index in [1.165, 1.54) is 6.07 Å². The van der Waals surface area contributed by atoms with Crippen LogP contribution in [-0.4, -0.2) is 32.2 Å². The van der Waals surface area contributed by atoms with Crippen molar-refractivity contribution in [1.29, 1.82) is 5.26 Å². The van der Waals surface area contributed by atoms with E-state index in [1.54, 1.807) is 6.92 Å². The van der Waals surface area contributed by atoms with Crippen molar-refractivity contribution >= 4 is 32.3 Å². The fourth-order valence-corrected chi connectivity index (χ4v) is 4.15. The molecule has 0 unspecified atom stereocenters. The van der Waals surface area contributed by atoms with Gasteiger partial charge in [0, 0.05) is 12.8 Å². The van der Waals surface area contributed by atoms with Crippen LogP contribution in [0.2, 0.25) is 0 Å². The number of nitriles is 1. The molecule has 0 aliphatic rings. The molecular weight excluding hydrogens is 417 g/mol. The van der Waals surface area contributed by atoms with E-state index in [2.05, 4.69) is 15.6 Å². The molecule has 1 heterocycles. The summed E-state index contributed by atoms with van der Waals surface area (Å²) < 4.78 is 63.3. The molecule has 0 radical (unpaired) electrons. The molecule has 0 saturated heterocycles. The standard InChI is InChI=1S/C16H15F3N4O3S2/c1-9-13(27-15(22-9)23-14(24)21-7-3-6-20)10-4-5-12(28(2,25)26)11(8-10)16(17,18)19/h4-5,8H,3,7H2,1-2H3,(H2,21,22,23,24). The van der Waals surface area contributed by atoms with Gasteiger partial charge in [0.1, 0.15) is 0 Å². The lowest BCUT2D eigenvalue weighted by Crippen LogP contribution is -2.29. The molecule has 0 aliphatic heterocycles. The van der Waals surface area contributed by atoms with Crippen LogP contribution in [0.15, 0.2) is 23.1 Å². The molecule has 0 fully saturated rings. The summed E-state index contributed by atoms with van der Waals surface area (Å²) >= 11 is 0.948. The first-order chi connectivity index (χ1) is 12.9. The minimum Gasteiger partial charge on any atom is -0.337 e. The molecule has 7 nitrogen and oxygen atoms in total. The van der Waals surface area contributed by atoms with Crippen LogP contribution in [0.3, 0.4) is 0 Å². The van der Waals surface area contributed by atoms with E-state index in [-0.39, 0.29) is 23.7 Å². The lowest BCUT2D eigenvalue weighted by Gasteiger charge is -2.13. The Morgan fingerprint density at radius 2 is 2.04 bits per heavy atom. The predicted octanol–water partition coefficient (Wildman–Crippen LogP) is 3.58. The van der Waals surface area contributed by atoms with Crippen LogP contribution < -0.4 is 10.6 Å². The van der Waals surface area contributed by atoms with E-state index >= 15 is 0 Å². The Morgan fingerprint density at radius 1 is 1.36 bits per heavy atom. The quantitative estimate of drug-likeness (QED) is 0.702. The first-order valence-corrected chi connectivity index (χ1v) is 10.4. The van der Waals surface area contributed by atoms with Crippen molar-refractivity contribution in [2.75, 3.05) is 18.1 Å². The summed E-state index contributed by atoms with van der Waals surface area (Å²) in [4.78, 5) is 15.4. The first-order valence-electron chi connectivity index (χ1n) is 7.74. The van der Waals surface area contributed by atoms with Crippen LogP contribution in [0.5, 0.6) is 0 Å². The third-order valence-corrected chi connectivity index (χ3v) is 5.76. The maximum Gasteiger partial charge on any atom is 0.417 e. The molecule has 150 valence electrons. The van der Waals surface area contributed by atoms with Crippen LogP contribution in [0.25, 0.3) is 10.4 Å². The monoisotopic (exact) mass is 432 g/mol. The number of carbonyl (C=O) groups is 1. The average Bonchev–Trinajstić information content (AvgIpc) is 2.93. The number of benzene rings is 1. The van der Waals surface area contributed by atoms with Gasteiger partial charge in [0.05, 0.1) is 33.5 Å². The number of aryl methyl sites for hydroxylation is 1. The molecule has 2 N–H and O–H groups in total. The van der Waals surface area contributed by atoms with Gasteiger partial charge in [-0.25, -0.2) is 18.2 Å². The summed E-state index contributed by atoms with van der Waals surface area (Å²) in [5, 5.41) is 13.5. The molecule has 1 aromatic carbocycles. The number of alkyl halides is 3. The molecule has 2 amide bonds. The highest BCUT2D eigenvalue weighted by molar-refractivity contribution is 7.90.